The number of hydrogen-bond donors (Lipinski definition) is 2. The Morgan fingerprint density at radius 3 is 2.64 bits per heavy atom. The molecule has 1 saturated heterocycles. The van der Waals surface area contributed by atoms with Crippen LogP contribution in [0.5, 0.6) is 5.75 Å². The molecular weight excluding hydrogens is 284 g/mol. The van der Waals surface area contributed by atoms with Gasteiger partial charge in [-0.3, -0.25) is 10.1 Å². The molecule has 2 aromatic rings. The van der Waals surface area contributed by atoms with Crippen molar-refractivity contribution in [2.45, 2.75) is 18.3 Å². The minimum atomic E-state index is -0.628. The fourth-order valence-corrected chi connectivity index (χ4v) is 2.77. The van der Waals surface area contributed by atoms with E-state index < -0.39 is 5.41 Å². The van der Waals surface area contributed by atoms with E-state index in [4.69, 9.17) is 9.47 Å². The van der Waals surface area contributed by atoms with E-state index >= 15 is 0 Å². The van der Waals surface area contributed by atoms with Crippen molar-refractivity contribution in [1.29, 1.82) is 0 Å². The lowest BCUT2D eigenvalue weighted by Crippen LogP contribution is -2.45. The van der Waals surface area contributed by atoms with Crippen molar-refractivity contribution >= 4 is 11.9 Å². The molecule has 0 aliphatic carbocycles. The first-order valence-corrected chi connectivity index (χ1v) is 7.14. The van der Waals surface area contributed by atoms with Gasteiger partial charge in [0.25, 0.3) is 0 Å². The Labute approximate surface area is 128 Å². The van der Waals surface area contributed by atoms with Crippen LogP contribution in [0.25, 0.3) is 0 Å². The minimum Gasteiger partial charge on any atom is -0.497 e. The van der Waals surface area contributed by atoms with Crippen LogP contribution in [0.2, 0.25) is 0 Å². The van der Waals surface area contributed by atoms with Gasteiger partial charge in [0.2, 0.25) is 11.9 Å². The molecule has 0 saturated carbocycles. The van der Waals surface area contributed by atoms with E-state index in [1.165, 1.54) is 6.33 Å². The Hall–Kier alpha value is -2.41. The second-order valence-electron chi connectivity index (χ2n) is 5.21. The van der Waals surface area contributed by atoms with E-state index in [0.717, 1.165) is 11.3 Å². The highest BCUT2D eigenvalue weighted by Gasteiger charge is 2.42. The third-order valence-electron chi connectivity index (χ3n) is 4.07. The number of rotatable bonds is 4. The number of aromatic amines is 1. The summed E-state index contributed by atoms with van der Waals surface area (Å²) in [6, 6.07) is 7.61. The molecule has 0 bridgehead atoms. The molecule has 0 unspecified atom stereocenters. The second kappa shape index (κ2) is 6.15. The molecular formula is C15H18N4O3. The maximum atomic E-state index is 12.9. The van der Waals surface area contributed by atoms with Crippen molar-refractivity contribution in [3.8, 4) is 5.75 Å². The summed E-state index contributed by atoms with van der Waals surface area (Å²) in [5.74, 6) is 1.02. The molecule has 0 atom stereocenters. The fourth-order valence-electron chi connectivity index (χ4n) is 2.77. The summed E-state index contributed by atoms with van der Waals surface area (Å²) in [6.45, 7) is 1.10. The highest BCUT2D eigenvalue weighted by Crippen LogP contribution is 2.36. The van der Waals surface area contributed by atoms with Gasteiger partial charge in [-0.15, -0.1) is 0 Å². The van der Waals surface area contributed by atoms with Gasteiger partial charge in [-0.1, -0.05) is 12.1 Å². The molecule has 0 spiro atoms. The van der Waals surface area contributed by atoms with Crippen LogP contribution in [-0.4, -0.2) is 41.4 Å². The first kappa shape index (κ1) is 14.5. The Bertz CT molecular complexity index is 619. The van der Waals surface area contributed by atoms with Gasteiger partial charge in [0.15, 0.2) is 0 Å². The summed E-state index contributed by atoms with van der Waals surface area (Å²) in [4.78, 5) is 16.8. The van der Waals surface area contributed by atoms with Gasteiger partial charge in [-0.05, 0) is 30.5 Å². The highest BCUT2D eigenvalue weighted by atomic mass is 16.5. The highest BCUT2D eigenvalue weighted by molar-refractivity contribution is 5.98. The zero-order valence-electron chi connectivity index (χ0n) is 12.3. The Morgan fingerprint density at radius 2 is 2.05 bits per heavy atom. The van der Waals surface area contributed by atoms with E-state index in [2.05, 4.69) is 20.5 Å². The topological polar surface area (TPSA) is 89.1 Å². The van der Waals surface area contributed by atoms with E-state index in [-0.39, 0.29) is 5.91 Å². The second-order valence-corrected chi connectivity index (χ2v) is 5.21. The molecule has 3 rings (SSSR count). The number of methoxy groups -OCH3 is 1. The number of nitrogens with one attached hydrogen (secondary N) is 2. The quantitative estimate of drug-likeness (QED) is 0.893. The summed E-state index contributed by atoms with van der Waals surface area (Å²) in [5.41, 5.74) is 0.325. The monoisotopic (exact) mass is 302 g/mol. The fraction of sp³-hybridized carbons (Fsp3) is 0.400. The molecule has 7 heteroatoms. The molecule has 1 aliphatic heterocycles. The third-order valence-corrected chi connectivity index (χ3v) is 4.07. The lowest BCUT2D eigenvalue weighted by molar-refractivity contribution is -0.125. The molecule has 2 heterocycles. The molecule has 1 amide bonds. The van der Waals surface area contributed by atoms with Gasteiger partial charge in [0.05, 0.1) is 12.5 Å². The predicted octanol–water partition coefficient (Wildman–Crippen LogP) is 1.50. The van der Waals surface area contributed by atoms with E-state index in [1.54, 1.807) is 7.11 Å². The average molecular weight is 302 g/mol. The molecule has 22 heavy (non-hydrogen) atoms. The Kier molecular flexibility index (Phi) is 4.06. The van der Waals surface area contributed by atoms with Crippen LogP contribution in [0, 0.1) is 0 Å². The van der Waals surface area contributed by atoms with Crippen LogP contribution in [0.15, 0.2) is 30.6 Å². The largest absolute Gasteiger partial charge is 0.497 e. The lowest BCUT2D eigenvalue weighted by Gasteiger charge is -2.36. The summed E-state index contributed by atoms with van der Waals surface area (Å²) in [7, 11) is 1.62. The predicted molar refractivity (Wildman–Crippen MR) is 79.7 cm³/mol. The van der Waals surface area contributed by atoms with E-state index in [0.29, 0.717) is 32.0 Å². The molecule has 7 nitrogen and oxygen atoms in total. The van der Waals surface area contributed by atoms with Crippen molar-refractivity contribution in [3.63, 3.8) is 0 Å². The zero-order chi connectivity index (χ0) is 15.4. The van der Waals surface area contributed by atoms with Crippen molar-refractivity contribution in [2.24, 2.45) is 0 Å². The first-order chi connectivity index (χ1) is 10.7. The number of nitrogens with zero attached hydrogens (tertiary/aromatic N) is 2. The number of hydrogen-bond acceptors (Lipinski definition) is 5. The van der Waals surface area contributed by atoms with Gasteiger partial charge < -0.3 is 9.47 Å². The van der Waals surface area contributed by atoms with Crippen LogP contribution in [0.4, 0.5) is 5.95 Å². The molecule has 1 aromatic carbocycles. The van der Waals surface area contributed by atoms with Crippen molar-refractivity contribution in [2.75, 3.05) is 25.6 Å². The SMILES string of the molecule is COc1ccc(C2(C(=O)Nc3ncn[nH]3)CCOCC2)cc1. The normalized spacial score (nSPS) is 17.0. The van der Waals surface area contributed by atoms with Gasteiger partial charge in [-0.25, -0.2) is 5.10 Å². The van der Waals surface area contributed by atoms with Crippen molar-refractivity contribution in [1.82, 2.24) is 15.2 Å². The van der Waals surface area contributed by atoms with Crippen LogP contribution in [0.1, 0.15) is 18.4 Å². The van der Waals surface area contributed by atoms with Gasteiger partial charge in [-0.2, -0.15) is 10.1 Å². The number of anilines is 1. The van der Waals surface area contributed by atoms with Crippen LogP contribution in [-0.2, 0) is 14.9 Å². The van der Waals surface area contributed by atoms with E-state index in [9.17, 15) is 4.79 Å². The van der Waals surface area contributed by atoms with Gasteiger partial charge in [0.1, 0.15) is 12.1 Å². The number of ether oxygens (including phenoxy) is 2. The van der Waals surface area contributed by atoms with Gasteiger partial charge >= 0.3 is 0 Å². The molecule has 116 valence electrons. The van der Waals surface area contributed by atoms with Crippen LogP contribution < -0.4 is 10.1 Å². The number of H-pyrrole nitrogens is 1. The standard InChI is InChI=1S/C15H18N4O3/c1-21-12-4-2-11(3-5-12)15(6-8-22-9-7-15)13(20)18-14-16-10-17-19-14/h2-5,10H,6-9H2,1H3,(H2,16,17,18,19,20). The summed E-state index contributed by atoms with van der Waals surface area (Å²) >= 11 is 0. The number of aromatic nitrogens is 3. The molecule has 0 radical (unpaired) electrons. The lowest BCUT2D eigenvalue weighted by atomic mass is 9.73. The third kappa shape index (κ3) is 2.67. The van der Waals surface area contributed by atoms with Crippen LogP contribution >= 0.6 is 0 Å². The summed E-state index contributed by atoms with van der Waals surface area (Å²) in [5, 5.41) is 9.20. The van der Waals surface area contributed by atoms with Crippen LogP contribution in [0.3, 0.4) is 0 Å². The zero-order valence-corrected chi connectivity index (χ0v) is 12.3. The maximum absolute atomic E-state index is 12.9. The molecule has 1 aliphatic rings. The maximum Gasteiger partial charge on any atom is 0.237 e. The number of benzene rings is 1. The van der Waals surface area contributed by atoms with Gasteiger partial charge in [0, 0.05) is 13.2 Å². The first-order valence-electron chi connectivity index (χ1n) is 7.14. The number of carbonyl (C=O) groups is 1. The summed E-state index contributed by atoms with van der Waals surface area (Å²) < 4.78 is 10.6. The number of amides is 1. The summed E-state index contributed by atoms with van der Waals surface area (Å²) in [6.07, 6.45) is 2.61. The minimum absolute atomic E-state index is 0.0993. The molecule has 2 N–H and O–H groups in total. The Morgan fingerprint density at radius 1 is 1.32 bits per heavy atom. The van der Waals surface area contributed by atoms with Crippen molar-refractivity contribution in [3.05, 3.63) is 36.2 Å². The Balaban J connectivity index is 1.91. The van der Waals surface area contributed by atoms with Crippen molar-refractivity contribution < 1.29 is 14.3 Å². The molecule has 1 fully saturated rings. The number of carbonyl (C=O) groups excluding carboxylic acids is 1. The molecule has 1 aromatic heterocycles. The average Bonchev–Trinajstić information content (AvgIpc) is 3.08. The van der Waals surface area contributed by atoms with E-state index in [1.807, 2.05) is 24.3 Å². The smallest absolute Gasteiger partial charge is 0.237 e.